The molecular formula is C80H148N9O41P. The molecule has 0 aromatic rings. The molecule has 0 aliphatic carbocycles. The Bertz CT molecular complexity index is 3110. The van der Waals surface area contributed by atoms with Gasteiger partial charge in [0.15, 0.2) is 18.9 Å². The molecule has 3 saturated heterocycles. The third-order valence-electron chi connectivity index (χ3n) is 19.8. The number of phosphoric ester groups is 1. The molecule has 50 nitrogen and oxygen atoms in total. The molecule has 3 aliphatic heterocycles. The van der Waals surface area contributed by atoms with Crippen molar-refractivity contribution in [2.24, 2.45) is 5.92 Å². The van der Waals surface area contributed by atoms with Gasteiger partial charge in [-0.1, -0.05) is 6.42 Å². The number of hydrogen-bond donors (Lipinski definition) is 20. The first kappa shape index (κ1) is 119. The van der Waals surface area contributed by atoms with Gasteiger partial charge in [0.1, 0.15) is 85.1 Å². The Balaban J connectivity index is 1.52. The van der Waals surface area contributed by atoms with Gasteiger partial charge in [-0.15, -0.1) is 0 Å². The minimum atomic E-state index is -4.16. The average molecular weight is 1920 g/mol. The van der Waals surface area contributed by atoms with Gasteiger partial charge in [-0.3, -0.25) is 52.2 Å². The molecule has 17 unspecified atom stereocenters. The number of phosphoric acid groups is 1. The summed E-state index contributed by atoms with van der Waals surface area (Å²) in [6.45, 7) is 5.33. The van der Waals surface area contributed by atoms with Crippen molar-refractivity contribution in [3.63, 3.8) is 0 Å². The topological polar surface area (TPSA) is 686 Å². The summed E-state index contributed by atoms with van der Waals surface area (Å²) in [5.74, 6) is -4.51. The van der Waals surface area contributed by atoms with Crippen molar-refractivity contribution < 1.29 is 198 Å². The van der Waals surface area contributed by atoms with Crippen molar-refractivity contribution >= 4 is 61.0 Å². The first-order valence-electron chi connectivity index (χ1n) is 44.4. The van der Waals surface area contributed by atoms with Crippen LogP contribution in [0.25, 0.3) is 0 Å². The van der Waals surface area contributed by atoms with Crippen LogP contribution in [0.15, 0.2) is 0 Å². The van der Waals surface area contributed by atoms with E-state index >= 15 is 0 Å². The average Bonchev–Trinajstić information content (AvgIpc) is 0.816. The zero-order valence-electron chi connectivity index (χ0n) is 75.7. The van der Waals surface area contributed by atoms with E-state index in [1.54, 1.807) is 0 Å². The summed E-state index contributed by atoms with van der Waals surface area (Å²) < 4.78 is 121. The second-order valence-electron chi connectivity index (χ2n) is 30.3. The number of unbranched alkanes of at least 4 members (excludes halogenated alkanes) is 3. The van der Waals surface area contributed by atoms with Crippen molar-refractivity contribution in [2.75, 3.05) is 245 Å². The van der Waals surface area contributed by atoms with Crippen molar-refractivity contribution in [2.45, 2.75) is 208 Å². The number of rotatable bonds is 81. The molecule has 9 amide bonds. The Morgan fingerprint density at radius 2 is 0.618 bits per heavy atom. The molecule has 3 rings (SSSR count). The predicted octanol–water partition coefficient (Wildman–Crippen LogP) is -8.06. The standard InChI is InChI=1S/C80H148N9O41P/c1-54(94)85-67-73(104)70(101)60(50-91)128-78(67)124-46-43-121-40-37-118-33-28-113-23-15-64(98)82-19-9-6-12-58(76(107)84-21-26-116-31-36-117-32-27-112-22-14-63(97)81-18-8-5-11-57(49-90)53-127-131(109,110)111-4)89-77(108)59(88-66(100)17-25-115-30-35-120-39-42-123-45-48-126-80-69(87-56(3)96)75(106)72(103)62(52-93)130-80)13-7-10-20-83-65(99)16-24-114-29-34-119-38-41-122-44-47-125-79-68(86-55(2)95)74(105)71(102)61(51-92)129-79/h57-62,67-75,78-80,90-93,101-106H,5-53H2,1-4H3,(H,81,97)(H,82,98)(H,83,99)(H,84,107)(H,85,94)(H,86,95)(H,87,96)(H,88,100)(H,89,108)(H,109,110)/t57?,58-,59-,60?,61?,62?,67?,68?,69?,70?,71?,72?,73?,74?,75?,78?,79?,80?/m0/s1. The molecule has 19 atom stereocenters. The molecular weight excluding hydrogens is 1770 g/mol. The number of aliphatic hydroxyl groups excluding tert-OH is 10. The number of aliphatic hydroxyl groups is 10. The Labute approximate surface area is 763 Å². The maximum Gasteiger partial charge on any atom is 0.471 e. The van der Waals surface area contributed by atoms with Gasteiger partial charge < -0.3 is 189 Å². The Kier molecular flexibility index (Phi) is 67.8. The highest BCUT2D eigenvalue weighted by Gasteiger charge is 2.48. The molecule has 0 saturated carbocycles. The van der Waals surface area contributed by atoms with Crippen molar-refractivity contribution in [1.82, 2.24) is 47.9 Å². The molecule has 3 heterocycles. The highest BCUT2D eigenvalue weighted by molar-refractivity contribution is 7.47. The van der Waals surface area contributed by atoms with Crippen LogP contribution in [0.5, 0.6) is 0 Å². The van der Waals surface area contributed by atoms with Crippen molar-refractivity contribution in [1.29, 1.82) is 0 Å². The van der Waals surface area contributed by atoms with Crippen LogP contribution >= 0.6 is 7.82 Å². The van der Waals surface area contributed by atoms with E-state index in [2.05, 4.69) is 52.4 Å². The van der Waals surface area contributed by atoms with E-state index in [4.69, 9.17) is 89.8 Å². The van der Waals surface area contributed by atoms with Gasteiger partial charge in [0.05, 0.1) is 205 Å². The Morgan fingerprint density at radius 3 is 0.916 bits per heavy atom. The summed E-state index contributed by atoms with van der Waals surface area (Å²) in [6, 6.07) is -5.61. The molecule has 0 radical (unpaired) electrons. The first-order chi connectivity index (χ1) is 63.1. The molecule has 20 N–H and O–H groups in total. The third-order valence-corrected chi connectivity index (χ3v) is 20.7. The van der Waals surface area contributed by atoms with Crippen LogP contribution in [0.4, 0.5) is 0 Å². The summed E-state index contributed by atoms with van der Waals surface area (Å²) >= 11 is 0. The molecule has 131 heavy (non-hydrogen) atoms. The zero-order chi connectivity index (χ0) is 96.2. The summed E-state index contributed by atoms with van der Waals surface area (Å²) in [4.78, 5) is 124. The van der Waals surface area contributed by atoms with Crippen molar-refractivity contribution in [3.05, 3.63) is 0 Å². The van der Waals surface area contributed by atoms with Gasteiger partial charge in [0.2, 0.25) is 53.2 Å². The number of ether oxygens (including phenoxy) is 18. The molecule has 0 aromatic carbocycles. The summed E-state index contributed by atoms with van der Waals surface area (Å²) in [5, 5.41) is 125. The van der Waals surface area contributed by atoms with Gasteiger partial charge in [-0.25, -0.2) is 4.57 Å². The van der Waals surface area contributed by atoms with Gasteiger partial charge in [0.25, 0.3) is 0 Å². The molecule has 0 aromatic heterocycles. The van der Waals surface area contributed by atoms with Crippen LogP contribution in [0.1, 0.15) is 104 Å². The molecule has 51 heteroatoms. The van der Waals surface area contributed by atoms with E-state index in [-0.39, 0.29) is 273 Å². The number of hydrogen-bond acceptors (Lipinski definition) is 40. The van der Waals surface area contributed by atoms with E-state index in [0.29, 0.717) is 51.5 Å². The van der Waals surface area contributed by atoms with E-state index < -0.39 is 167 Å². The second-order valence-corrected chi connectivity index (χ2v) is 31.8. The highest BCUT2D eigenvalue weighted by atomic mass is 31.2. The summed E-state index contributed by atoms with van der Waals surface area (Å²) in [6.07, 6.45) is -12.4. The van der Waals surface area contributed by atoms with E-state index in [9.17, 15) is 104 Å². The number of amides is 9. The second kappa shape index (κ2) is 74.4. The number of nitrogens with one attached hydrogen (secondary N) is 9. The lowest BCUT2D eigenvalue weighted by atomic mass is 9.97. The SMILES string of the molecule is COP(=O)(O)OCC(CO)CCCCNC(=O)CCOCCOCCOCCNC(=O)[C@H](CCCCNC(=O)CCOCCOCCOCCOC1OC(CO)C(O)C(O)C1NC(C)=O)NC(=O)[C@H](CCCCNC(=O)CCOCCOCCOCCOC1OC(CO)C(O)C(O)C1NC(C)=O)NC(=O)CCOCCOCCOCCOC1OC(CO)C(O)C(O)C1NC(C)=O. The van der Waals surface area contributed by atoms with Crippen LogP contribution < -0.4 is 47.9 Å². The monoisotopic (exact) mass is 1920 g/mol. The van der Waals surface area contributed by atoms with Crippen LogP contribution in [-0.4, -0.2) is 458 Å². The molecule has 764 valence electrons. The van der Waals surface area contributed by atoms with Gasteiger partial charge >= 0.3 is 7.82 Å². The van der Waals surface area contributed by atoms with E-state index in [0.717, 1.165) is 7.11 Å². The van der Waals surface area contributed by atoms with Gasteiger partial charge in [-0.2, -0.15) is 0 Å². The minimum absolute atomic E-state index is 0.0153. The first-order valence-corrected chi connectivity index (χ1v) is 45.9. The van der Waals surface area contributed by atoms with Gasteiger partial charge in [0, 0.05) is 92.3 Å². The molecule has 0 bridgehead atoms. The fraction of sp³-hybridized carbons (Fsp3) is 0.887. The van der Waals surface area contributed by atoms with Crippen LogP contribution in [0, 0.1) is 5.92 Å². The highest BCUT2D eigenvalue weighted by Crippen LogP contribution is 2.42. The lowest BCUT2D eigenvalue weighted by molar-refractivity contribution is -0.272. The summed E-state index contributed by atoms with van der Waals surface area (Å²) in [7, 11) is -3.12. The lowest BCUT2D eigenvalue weighted by Gasteiger charge is -2.42. The fourth-order valence-corrected chi connectivity index (χ4v) is 13.2. The number of carbonyl (C=O) groups is 9. The minimum Gasteiger partial charge on any atom is -0.396 e. The Hall–Kier alpha value is -5.78. The molecule has 3 fully saturated rings. The van der Waals surface area contributed by atoms with Crippen molar-refractivity contribution in [3.8, 4) is 0 Å². The quantitative estimate of drug-likeness (QED) is 0.0199. The van der Waals surface area contributed by atoms with E-state index in [1.807, 2.05) is 0 Å². The van der Waals surface area contributed by atoms with Crippen LogP contribution in [0.3, 0.4) is 0 Å². The van der Waals surface area contributed by atoms with E-state index in [1.165, 1.54) is 20.8 Å². The normalized spacial score (nSPS) is 23.2. The number of carbonyl (C=O) groups excluding carboxylic acids is 9. The third kappa shape index (κ3) is 55.3. The van der Waals surface area contributed by atoms with Crippen LogP contribution in [-0.2, 0) is 142 Å². The maximum absolute atomic E-state index is 14.4. The summed E-state index contributed by atoms with van der Waals surface area (Å²) in [5.41, 5.74) is 0. The Morgan fingerprint density at radius 1 is 0.336 bits per heavy atom. The van der Waals surface area contributed by atoms with Gasteiger partial charge in [-0.05, 0) is 51.4 Å². The molecule has 3 aliphatic rings. The van der Waals surface area contributed by atoms with Crippen LogP contribution in [0.2, 0.25) is 0 Å². The zero-order valence-corrected chi connectivity index (χ0v) is 76.5. The lowest BCUT2D eigenvalue weighted by Crippen LogP contribution is -2.64. The maximum atomic E-state index is 14.4. The predicted molar refractivity (Wildman–Crippen MR) is 453 cm³/mol. The molecule has 0 spiro atoms. The smallest absolute Gasteiger partial charge is 0.396 e. The fourth-order valence-electron chi connectivity index (χ4n) is 12.7. The largest absolute Gasteiger partial charge is 0.471 e.